The first-order chi connectivity index (χ1) is 6.30. The molecule has 0 aliphatic heterocycles. The van der Waals surface area contributed by atoms with Crippen molar-refractivity contribution < 1.29 is 4.79 Å². The van der Waals surface area contributed by atoms with Gasteiger partial charge < -0.3 is 0 Å². The second-order valence-electron chi connectivity index (χ2n) is 4.93. The summed E-state index contributed by atoms with van der Waals surface area (Å²) < 4.78 is -0.477. The van der Waals surface area contributed by atoms with Crippen molar-refractivity contribution in [3.8, 4) is 0 Å². The molecule has 2 fully saturated rings. The van der Waals surface area contributed by atoms with E-state index in [-0.39, 0.29) is 10.8 Å². The van der Waals surface area contributed by atoms with Crippen LogP contribution in [0.15, 0.2) is 0 Å². The minimum Gasteiger partial charge on any atom is -0.296 e. The largest absolute Gasteiger partial charge is 0.296 e. The Morgan fingerprint density at radius 1 is 1.43 bits per heavy atom. The lowest BCUT2D eigenvalue weighted by atomic mass is 9.70. The molecule has 0 N–H and O–H groups in total. The molecule has 2 aliphatic carbocycles. The fourth-order valence-corrected chi connectivity index (χ4v) is 6.50. The quantitative estimate of drug-likeness (QED) is 0.623. The van der Waals surface area contributed by atoms with Crippen LogP contribution in [0.3, 0.4) is 0 Å². The van der Waals surface area contributed by atoms with E-state index < -0.39 is 3.23 Å². The van der Waals surface area contributed by atoms with Crippen molar-refractivity contribution in [2.45, 2.75) is 29.9 Å². The van der Waals surface area contributed by atoms with Crippen LogP contribution < -0.4 is 0 Å². The summed E-state index contributed by atoms with van der Waals surface area (Å²) in [6.07, 6.45) is 2.15. The van der Waals surface area contributed by atoms with Crippen LogP contribution in [0.2, 0.25) is 0 Å². The predicted octanol–water partition coefficient (Wildman–Crippen LogP) is 3.87. The van der Waals surface area contributed by atoms with Gasteiger partial charge in [-0.15, -0.1) is 0 Å². The average molecular weight is 389 g/mol. The van der Waals surface area contributed by atoms with Crippen LogP contribution in [-0.4, -0.2) is 14.3 Å². The second-order valence-corrected chi connectivity index (χ2v) is 9.05. The fraction of sp³-hybridized carbons (Fsp3) is 0.900. The molecular formula is C10H13Br3O. The summed E-state index contributed by atoms with van der Waals surface area (Å²) in [4.78, 5) is 12.3. The Hall–Kier alpha value is 1.11. The van der Waals surface area contributed by atoms with E-state index in [1.54, 1.807) is 0 Å². The van der Waals surface area contributed by atoms with Gasteiger partial charge in [0.25, 0.3) is 0 Å². The SMILES string of the molecule is C[C@]12CC[C@H](C(Br)(Br)C1=O)[C@@]2(C)CBr. The summed E-state index contributed by atoms with van der Waals surface area (Å²) >= 11 is 10.7. The number of alkyl halides is 3. The summed E-state index contributed by atoms with van der Waals surface area (Å²) in [7, 11) is 0. The Morgan fingerprint density at radius 3 is 2.29 bits per heavy atom. The van der Waals surface area contributed by atoms with Gasteiger partial charge in [0.1, 0.15) is 3.23 Å². The highest BCUT2D eigenvalue weighted by Crippen LogP contribution is 2.71. The van der Waals surface area contributed by atoms with Crippen LogP contribution in [0.4, 0.5) is 0 Å². The molecule has 0 heterocycles. The van der Waals surface area contributed by atoms with E-state index >= 15 is 0 Å². The van der Waals surface area contributed by atoms with E-state index in [4.69, 9.17) is 0 Å². The Labute approximate surface area is 110 Å². The average Bonchev–Trinajstić information content (AvgIpc) is 2.44. The van der Waals surface area contributed by atoms with Gasteiger partial charge in [0.2, 0.25) is 0 Å². The van der Waals surface area contributed by atoms with Crippen LogP contribution in [0.5, 0.6) is 0 Å². The molecule has 2 bridgehead atoms. The number of hydrogen-bond acceptors (Lipinski definition) is 1. The fourth-order valence-electron chi connectivity index (χ4n) is 3.14. The monoisotopic (exact) mass is 386 g/mol. The van der Waals surface area contributed by atoms with E-state index in [9.17, 15) is 4.79 Å². The van der Waals surface area contributed by atoms with E-state index in [1.165, 1.54) is 0 Å². The summed E-state index contributed by atoms with van der Waals surface area (Å²) in [5.74, 6) is 0.718. The summed E-state index contributed by atoms with van der Waals surface area (Å²) in [5.41, 5.74) is -0.0920. The minimum atomic E-state index is -0.477. The first-order valence-corrected chi connectivity index (χ1v) is 7.50. The molecule has 2 rings (SSSR count). The highest BCUT2D eigenvalue weighted by molar-refractivity contribution is 9.26. The van der Waals surface area contributed by atoms with Gasteiger partial charge in [0.15, 0.2) is 5.78 Å². The molecule has 0 spiro atoms. The first-order valence-electron chi connectivity index (χ1n) is 4.79. The molecule has 0 aromatic rings. The maximum absolute atomic E-state index is 12.3. The lowest BCUT2D eigenvalue weighted by molar-refractivity contribution is -0.128. The molecule has 2 aliphatic rings. The molecule has 80 valence electrons. The number of rotatable bonds is 1. The first kappa shape index (κ1) is 11.6. The number of hydrogen-bond donors (Lipinski definition) is 0. The molecule has 0 saturated heterocycles. The molecule has 1 nitrogen and oxygen atoms in total. The zero-order chi connectivity index (χ0) is 10.8. The summed E-state index contributed by atoms with van der Waals surface area (Å²) in [5, 5.41) is 0.895. The third-order valence-corrected chi connectivity index (χ3v) is 7.47. The molecule has 0 aromatic heterocycles. The number of halogens is 3. The lowest BCUT2D eigenvalue weighted by Crippen LogP contribution is -2.38. The van der Waals surface area contributed by atoms with Crippen LogP contribution in [0, 0.1) is 16.7 Å². The number of fused-ring (bicyclic) bond motifs is 2. The van der Waals surface area contributed by atoms with Crippen molar-refractivity contribution in [2.24, 2.45) is 16.7 Å². The summed E-state index contributed by atoms with van der Waals surface area (Å²) in [6, 6.07) is 0. The molecule has 14 heavy (non-hydrogen) atoms. The van der Waals surface area contributed by atoms with E-state index in [2.05, 4.69) is 61.6 Å². The highest BCUT2D eigenvalue weighted by Gasteiger charge is 2.72. The smallest absolute Gasteiger partial charge is 0.166 e. The van der Waals surface area contributed by atoms with E-state index in [1.807, 2.05) is 0 Å². The zero-order valence-corrected chi connectivity index (χ0v) is 13.0. The topological polar surface area (TPSA) is 17.1 Å². The van der Waals surface area contributed by atoms with Crippen LogP contribution in [0.25, 0.3) is 0 Å². The molecular weight excluding hydrogens is 376 g/mol. The van der Waals surface area contributed by atoms with Gasteiger partial charge in [-0.05, 0) is 24.2 Å². The maximum atomic E-state index is 12.3. The Bertz CT molecular complexity index is 302. The molecule has 2 saturated carbocycles. The maximum Gasteiger partial charge on any atom is 0.166 e. The van der Waals surface area contributed by atoms with Gasteiger partial charge in [-0.25, -0.2) is 0 Å². The van der Waals surface area contributed by atoms with Crippen LogP contribution >= 0.6 is 47.8 Å². The number of carbonyl (C=O) groups is 1. The molecule has 0 radical (unpaired) electrons. The van der Waals surface area contributed by atoms with Gasteiger partial charge in [-0.3, -0.25) is 4.79 Å². The van der Waals surface area contributed by atoms with Crippen LogP contribution in [0.1, 0.15) is 26.7 Å². The molecule has 0 unspecified atom stereocenters. The lowest BCUT2D eigenvalue weighted by Gasteiger charge is -2.34. The van der Waals surface area contributed by atoms with Crippen molar-refractivity contribution in [3.05, 3.63) is 0 Å². The number of Topliss-reactive ketones (excluding diaryl/α,β-unsaturated/α-hetero) is 1. The Balaban J connectivity index is 2.56. The van der Waals surface area contributed by atoms with Crippen molar-refractivity contribution in [2.75, 3.05) is 5.33 Å². The van der Waals surface area contributed by atoms with Crippen molar-refractivity contribution in [1.82, 2.24) is 0 Å². The molecule has 3 atom stereocenters. The highest BCUT2D eigenvalue weighted by atomic mass is 79.9. The van der Waals surface area contributed by atoms with Gasteiger partial charge >= 0.3 is 0 Å². The molecule has 0 amide bonds. The van der Waals surface area contributed by atoms with E-state index in [0.717, 1.165) is 18.2 Å². The third-order valence-electron chi connectivity index (χ3n) is 4.48. The van der Waals surface area contributed by atoms with Crippen molar-refractivity contribution in [1.29, 1.82) is 0 Å². The van der Waals surface area contributed by atoms with Gasteiger partial charge in [-0.1, -0.05) is 61.6 Å². The van der Waals surface area contributed by atoms with Gasteiger partial charge in [0, 0.05) is 10.7 Å². The molecule has 0 aromatic carbocycles. The Morgan fingerprint density at radius 2 is 2.00 bits per heavy atom. The predicted molar refractivity (Wildman–Crippen MR) is 68.3 cm³/mol. The van der Waals surface area contributed by atoms with Crippen molar-refractivity contribution in [3.63, 3.8) is 0 Å². The van der Waals surface area contributed by atoms with Gasteiger partial charge in [-0.2, -0.15) is 0 Å². The second kappa shape index (κ2) is 3.07. The van der Waals surface area contributed by atoms with Crippen LogP contribution in [-0.2, 0) is 4.79 Å². The van der Waals surface area contributed by atoms with Gasteiger partial charge in [0.05, 0.1) is 0 Å². The standard InChI is InChI=1S/C10H13Br3O/c1-8-4-3-6(9(8,2)5-11)10(12,13)7(8)14/h6H,3-5H2,1-2H3/t6-,8-,9+/m0/s1. The minimum absolute atomic E-state index is 0.0804. The molecule has 4 heteroatoms. The number of carbonyl (C=O) groups excluding carboxylic acids is 1. The normalized spacial score (nSPS) is 50.1. The third kappa shape index (κ3) is 1.03. The summed E-state index contributed by atoms with van der Waals surface area (Å²) in [6.45, 7) is 4.34. The van der Waals surface area contributed by atoms with E-state index in [0.29, 0.717) is 11.7 Å². The Kier molecular flexibility index (Phi) is 2.54. The van der Waals surface area contributed by atoms with Crippen molar-refractivity contribution >= 4 is 53.6 Å². The number of ketones is 1. The zero-order valence-electron chi connectivity index (χ0n) is 8.24.